The van der Waals surface area contributed by atoms with E-state index >= 15 is 0 Å². The molecule has 1 saturated heterocycles. The van der Waals surface area contributed by atoms with Crippen molar-refractivity contribution >= 4 is 0 Å². The van der Waals surface area contributed by atoms with Gasteiger partial charge in [0.15, 0.2) is 11.5 Å². The maximum atomic E-state index is 5.90. The Kier molecular flexibility index (Phi) is 4.81. The van der Waals surface area contributed by atoms with Gasteiger partial charge >= 0.3 is 0 Å². The molecule has 0 aromatic heterocycles. The molecule has 1 atom stereocenters. The molecule has 1 aliphatic heterocycles. The first-order valence-electron chi connectivity index (χ1n) is 6.06. The van der Waals surface area contributed by atoms with E-state index in [1.807, 2.05) is 18.2 Å². The summed E-state index contributed by atoms with van der Waals surface area (Å²) in [7, 11) is 1.63. The van der Waals surface area contributed by atoms with E-state index in [0.717, 1.165) is 36.5 Å². The van der Waals surface area contributed by atoms with Crippen molar-refractivity contribution in [3.63, 3.8) is 0 Å². The lowest BCUT2D eigenvalue weighted by Crippen LogP contribution is -2.16. The predicted molar refractivity (Wildman–Crippen MR) is 66.7 cm³/mol. The molecule has 0 radical (unpaired) electrons. The summed E-state index contributed by atoms with van der Waals surface area (Å²) < 4.78 is 16.5. The second-order valence-corrected chi connectivity index (χ2v) is 4.21. The van der Waals surface area contributed by atoms with Crippen LogP contribution in [0, 0.1) is 0 Å². The summed E-state index contributed by atoms with van der Waals surface area (Å²) in [6.07, 6.45) is 1.78. The molecule has 18 heavy (non-hydrogen) atoms. The molecular formula is C13H19NO4. The van der Waals surface area contributed by atoms with Gasteiger partial charge in [-0.2, -0.15) is 0 Å². The summed E-state index contributed by atoms with van der Waals surface area (Å²) in [6.45, 7) is 1.88. The highest BCUT2D eigenvalue weighted by Gasteiger charge is 2.19. The normalized spacial score (nSPS) is 18.9. The Morgan fingerprint density at radius 1 is 1.39 bits per heavy atom. The third-order valence-corrected chi connectivity index (χ3v) is 2.92. The number of rotatable bonds is 6. The first-order valence-corrected chi connectivity index (χ1v) is 6.06. The Balaban J connectivity index is 2.08. The molecule has 0 aliphatic carbocycles. The lowest BCUT2D eigenvalue weighted by Gasteiger charge is -2.16. The molecule has 1 aromatic carbocycles. The van der Waals surface area contributed by atoms with Crippen LogP contribution in [-0.4, -0.2) is 33.0 Å². The second kappa shape index (κ2) is 6.58. The van der Waals surface area contributed by atoms with E-state index in [-0.39, 0.29) is 6.10 Å². The van der Waals surface area contributed by atoms with Crippen LogP contribution in [0.1, 0.15) is 12.0 Å². The van der Waals surface area contributed by atoms with Gasteiger partial charge in [-0.15, -0.1) is 0 Å². The summed E-state index contributed by atoms with van der Waals surface area (Å²) in [5, 5.41) is 0. The van der Waals surface area contributed by atoms with Crippen LogP contribution in [0.5, 0.6) is 11.5 Å². The topological polar surface area (TPSA) is 62.9 Å². The van der Waals surface area contributed by atoms with Gasteiger partial charge in [-0.1, -0.05) is 6.07 Å². The van der Waals surface area contributed by atoms with Crippen LogP contribution in [0.2, 0.25) is 0 Å². The Bertz CT molecular complexity index is 377. The number of hydrogen-bond donors (Lipinski definition) is 1. The van der Waals surface area contributed by atoms with Crippen molar-refractivity contribution in [3.8, 4) is 11.5 Å². The fourth-order valence-corrected chi connectivity index (χ4v) is 1.93. The van der Waals surface area contributed by atoms with Gasteiger partial charge in [-0.3, -0.25) is 0 Å². The molecule has 1 unspecified atom stereocenters. The summed E-state index contributed by atoms with van der Waals surface area (Å²) in [5.74, 6) is 6.52. The summed E-state index contributed by atoms with van der Waals surface area (Å²) in [5.41, 5.74) is 1.11. The van der Waals surface area contributed by atoms with Gasteiger partial charge in [0.05, 0.1) is 26.9 Å². The zero-order valence-electron chi connectivity index (χ0n) is 10.6. The Morgan fingerprint density at radius 2 is 2.28 bits per heavy atom. The fourth-order valence-electron chi connectivity index (χ4n) is 1.93. The molecule has 2 N–H and O–H groups in total. The Hall–Kier alpha value is -1.30. The number of methoxy groups -OCH3 is 1. The molecule has 100 valence electrons. The lowest BCUT2D eigenvalue weighted by molar-refractivity contribution is 0.137. The maximum Gasteiger partial charge on any atom is 0.161 e. The second-order valence-electron chi connectivity index (χ2n) is 4.21. The molecule has 1 fully saturated rings. The average molecular weight is 253 g/mol. The lowest BCUT2D eigenvalue weighted by atomic mass is 10.1. The van der Waals surface area contributed by atoms with Crippen LogP contribution in [-0.2, 0) is 16.0 Å². The van der Waals surface area contributed by atoms with Gasteiger partial charge in [0.2, 0.25) is 0 Å². The Labute approximate surface area is 107 Å². The molecule has 0 saturated carbocycles. The van der Waals surface area contributed by atoms with Gasteiger partial charge in [0.25, 0.3) is 0 Å². The van der Waals surface area contributed by atoms with Crippen molar-refractivity contribution in [2.45, 2.75) is 18.9 Å². The highest BCUT2D eigenvalue weighted by Crippen LogP contribution is 2.30. The zero-order valence-corrected chi connectivity index (χ0v) is 10.6. The van der Waals surface area contributed by atoms with Gasteiger partial charge in [-0.05, 0) is 24.1 Å². The molecule has 0 amide bonds. The highest BCUT2D eigenvalue weighted by molar-refractivity contribution is 5.43. The van der Waals surface area contributed by atoms with Crippen LogP contribution in [0.25, 0.3) is 0 Å². The monoisotopic (exact) mass is 253 g/mol. The van der Waals surface area contributed by atoms with Crippen LogP contribution < -0.4 is 15.4 Å². The molecule has 2 rings (SSSR count). The third-order valence-electron chi connectivity index (χ3n) is 2.92. The molecule has 1 aromatic rings. The van der Waals surface area contributed by atoms with Crippen LogP contribution in [0.4, 0.5) is 0 Å². The molecule has 0 spiro atoms. The quantitative estimate of drug-likeness (QED) is 0.774. The van der Waals surface area contributed by atoms with E-state index in [1.165, 1.54) is 0 Å². The SMILES string of the molecule is COc1ccc(CCON)cc1OC1CCOC1. The van der Waals surface area contributed by atoms with E-state index in [1.54, 1.807) is 7.11 Å². The van der Waals surface area contributed by atoms with Crippen molar-refractivity contribution < 1.29 is 19.0 Å². The maximum absolute atomic E-state index is 5.90. The summed E-state index contributed by atoms with van der Waals surface area (Å²) >= 11 is 0. The van der Waals surface area contributed by atoms with E-state index < -0.39 is 0 Å². The molecular weight excluding hydrogens is 234 g/mol. The minimum atomic E-state index is 0.111. The first kappa shape index (κ1) is 13.1. The van der Waals surface area contributed by atoms with Gasteiger partial charge < -0.3 is 19.0 Å². The van der Waals surface area contributed by atoms with Crippen molar-refractivity contribution in [3.05, 3.63) is 23.8 Å². The smallest absolute Gasteiger partial charge is 0.161 e. The summed E-state index contributed by atoms with van der Waals surface area (Å²) in [6, 6.07) is 5.85. The van der Waals surface area contributed by atoms with Crippen molar-refractivity contribution in [2.75, 3.05) is 26.9 Å². The van der Waals surface area contributed by atoms with Crippen LogP contribution in [0.3, 0.4) is 0 Å². The van der Waals surface area contributed by atoms with Gasteiger partial charge in [0, 0.05) is 6.42 Å². The summed E-state index contributed by atoms with van der Waals surface area (Å²) in [4.78, 5) is 4.58. The molecule has 1 aliphatic rings. The Morgan fingerprint density at radius 3 is 2.94 bits per heavy atom. The van der Waals surface area contributed by atoms with E-state index in [9.17, 15) is 0 Å². The number of nitrogens with two attached hydrogens (primary N) is 1. The van der Waals surface area contributed by atoms with Gasteiger partial charge in [-0.25, -0.2) is 5.90 Å². The average Bonchev–Trinajstić information content (AvgIpc) is 2.89. The van der Waals surface area contributed by atoms with E-state index in [4.69, 9.17) is 20.1 Å². The van der Waals surface area contributed by atoms with E-state index in [0.29, 0.717) is 13.2 Å². The zero-order chi connectivity index (χ0) is 12.8. The largest absolute Gasteiger partial charge is 0.493 e. The first-order chi connectivity index (χ1) is 8.83. The number of benzene rings is 1. The van der Waals surface area contributed by atoms with Crippen LogP contribution >= 0.6 is 0 Å². The van der Waals surface area contributed by atoms with Crippen LogP contribution in [0.15, 0.2) is 18.2 Å². The third kappa shape index (κ3) is 3.35. The molecule has 0 bridgehead atoms. The molecule has 1 heterocycles. The van der Waals surface area contributed by atoms with Crippen molar-refractivity contribution in [1.82, 2.24) is 0 Å². The predicted octanol–water partition coefficient (Wildman–Crippen LogP) is 1.30. The molecule has 5 nitrogen and oxygen atoms in total. The minimum absolute atomic E-state index is 0.111. The van der Waals surface area contributed by atoms with Gasteiger partial charge in [0.1, 0.15) is 6.10 Å². The number of ether oxygens (including phenoxy) is 3. The van der Waals surface area contributed by atoms with Crippen molar-refractivity contribution in [2.24, 2.45) is 5.90 Å². The number of hydrogen-bond acceptors (Lipinski definition) is 5. The standard InChI is InChI=1S/C13H19NO4/c1-15-12-3-2-10(4-7-17-14)8-13(12)18-11-5-6-16-9-11/h2-3,8,11H,4-7,9,14H2,1H3. The fraction of sp³-hybridized carbons (Fsp3) is 0.538. The van der Waals surface area contributed by atoms with Crippen molar-refractivity contribution in [1.29, 1.82) is 0 Å². The highest BCUT2D eigenvalue weighted by atomic mass is 16.6. The van der Waals surface area contributed by atoms with E-state index in [2.05, 4.69) is 4.84 Å². The molecule has 5 heteroatoms. The minimum Gasteiger partial charge on any atom is -0.493 e.